The quantitative estimate of drug-likeness (QED) is 0.807. The molecule has 0 aromatic carbocycles. The van der Waals surface area contributed by atoms with Crippen molar-refractivity contribution in [2.24, 2.45) is 7.05 Å². The maximum Gasteiger partial charge on any atom is 0.241 e. The van der Waals surface area contributed by atoms with Crippen molar-refractivity contribution in [3.05, 3.63) is 18.0 Å². The standard InChI is InChI=1S/C12H22N4OS/c1-12(2,18-5)8-14-11(17)10(13-3)9-6-15-16(4)7-9/h6-7,10,13H,8H2,1-5H3,(H,14,17). The van der Waals surface area contributed by atoms with Gasteiger partial charge in [-0.15, -0.1) is 0 Å². The van der Waals surface area contributed by atoms with E-state index in [1.807, 2.05) is 19.5 Å². The summed E-state index contributed by atoms with van der Waals surface area (Å²) >= 11 is 1.74. The first-order valence-electron chi connectivity index (χ1n) is 5.88. The maximum absolute atomic E-state index is 12.1. The van der Waals surface area contributed by atoms with Crippen LogP contribution in [0.4, 0.5) is 0 Å². The number of thioether (sulfide) groups is 1. The summed E-state index contributed by atoms with van der Waals surface area (Å²) in [6, 6.07) is -0.351. The van der Waals surface area contributed by atoms with Gasteiger partial charge in [-0.1, -0.05) is 0 Å². The lowest BCUT2D eigenvalue weighted by molar-refractivity contribution is -0.123. The highest BCUT2D eigenvalue weighted by Crippen LogP contribution is 2.20. The van der Waals surface area contributed by atoms with Gasteiger partial charge in [0.15, 0.2) is 0 Å². The van der Waals surface area contributed by atoms with E-state index in [0.717, 1.165) is 5.56 Å². The van der Waals surface area contributed by atoms with Crippen LogP contribution in [0.1, 0.15) is 25.5 Å². The molecule has 18 heavy (non-hydrogen) atoms. The molecule has 1 aromatic heterocycles. The summed E-state index contributed by atoms with van der Waals surface area (Å²) in [5.74, 6) is -0.0207. The minimum atomic E-state index is -0.351. The fourth-order valence-electron chi connectivity index (χ4n) is 1.51. The zero-order chi connectivity index (χ0) is 13.8. The van der Waals surface area contributed by atoms with E-state index in [-0.39, 0.29) is 16.7 Å². The van der Waals surface area contributed by atoms with Crippen molar-refractivity contribution < 1.29 is 4.79 Å². The lowest BCUT2D eigenvalue weighted by Crippen LogP contribution is -2.41. The largest absolute Gasteiger partial charge is 0.353 e. The van der Waals surface area contributed by atoms with E-state index in [0.29, 0.717) is 6.54 Å². The van der Waals surface area contributed by atoms with Crippen LogP contribution in [0.5, 0.6) is 0 Å². The normalized spacial score (nSPS) is 13.4. The number of likely N-dealkylation sites (N-methyl/N-ethyl adjacent to an activating group) is 1. The molecule has 0 radical (unpaired) electrons. The van der Waals surface area contributed by atoms with Crippen LogP contribution in [-0.2, 0) is 11.8 Å². The molecule has 1 aromatic rings. The Balaban J connectivity index is 2.64. The van der Waals surface area contributed by atoms with E-state index < -0.39 is 0 Å². The molecule has 0 aliphatic heterocycles. The minimum Gasteiger partial charge on any atom is -0.353 e. The lowest BCUT2D eigenvalue weighted by atomic mass is 10.1. The smallest absolute Gasteiger partial charge is 0.241 e. The third kappa shape index (κ3) is 4.03. The summed E-state index contributed by atoms with van der Waals surface area (Å²) in [6.07, 6.45) is 5.60. The van der Waals surface area contributed by atoms with Crippen LogP contribution in [0.15, 0.2) is 12.4 Å². The number of aryl methyl sites for hydroxylation is 1. The first-order chi connectivity index (χ1) is 8.39. The monoisotopic (exact) mass is 270 g/mol. The fourth-order valence-corrected chi connectivity index (χ4v) is 1.73. The highest BCUT2D eigenvalue weighted by molar-refractivity contribution is 7.99. The van der Waals surface area contributed by atoms with Crippen LogP contribution in [-0.4, -0.2) is 40.3 Å². The van der Waals surface area contributed by atoms with Gasteiger partial charge in [0.25, 0.3) is 0 Å². The van der Waals surface area contributed by atoms with Crippen LogP contribution >= 0.6 is 11.8 Å². The van der Waals surface area contributed by atoms with Gasteiger partial charge < -0.3 is 10.6 Å². The number of hydrogen-bond acceptors (Lipinski definition) is 4. The van der Waals surface area contributed by atoms with Gasteiger partial charge in [0.05, 0.1) is 6.20 Å². The summed E-state index contributed by atoms with van der Waals surface area (Å²) in [5.41, 5.74) is 0.874. The summed E-state index contributed by atoms with van der Waals surface area (Å²) < 4.78 is 1.74. The van der Waals surface area contributed by atoms with Gasteiger partial charge in [-0.05, 0) is 27.2 Å². The molecule has 0 bridgehead atoms. The van der Waals surface area contributed by atoms with Crippen molar-refractivity contribution in [1.29, 1.82) is 0 Å². The van der Waals surface area contributed by atoms with Crippen LogP contribution in [0.25, 0.3) is 0 Å². The highest BCUT2D eigenvalue weighted by atomic mass is 32.2. The number of hydrogen-bond donors (Lipinski definition) is 2. The number of amides is 1. The minimum absolute atomic E-state index is 0.0207. The summed E-state index contributed by atoms with van der Waals surface area (Å²) in [6.45, 7) is 4.86. The van der Waals surface area contributed by atoms with E-state index >= 15 is 0 Å². The molecule has 1 heterocycles. The van der Waals surface area contributed by atoms with E-state index in [1.165, 1.54) is 0 Å². The Kier molecular flexibility index (Phi) is 5.22. The second-order valence-electron chi connectivity index (χ2n) is 4.85. The number of aromatic nitrogens is 2. The Labute approximate surface area is 113 Å². The molecule has 1 unspecified atom stereocenters. The molecule has 1 amide bonds. The molecule has 2 N–H and O–H groups in total. The Morgan fingerprint density at radius 1 is 1.61 bits per heavy atom. The lowest BCUT2D eigenvalue weighted by Gasteiger charge is -2.24. The average molecular weight is 270 g/mol. The van der Waals surface area contributed by atoms with Crippen molar-refractivity contribution in [2.45, 2.75) is 24.6 Å². The second kappa shape index (κ2) is 6.24. The highest BCUT2D eigenvalue weighted by Gasteiger charge is 2.23. The van der Waals surface area contributed by atoms with E-state index in [2.05, 4.69) is 29.6 Å². The average Bonchev–Trinajstić information content (AvgIpc) is 2.74. The van der Waals surface area contributed by atoms with Crippen LogP contribution in [0.2, 0.25) is 0 Å². The van der Waals surface area contributed by atoms with Crippen molar-refractivity contribution in [2.75, 3.05) is 19.8 Å². The number of carbonyl (C=O) groups is 1. The molecule has 0 aliphatic carbocycles. The van der Waals surface area contributed by atoms with Crippen molar-refractivity contribution in [1.82, 2.24) is 20.4 Å². The molecule has 1 rings (SSSR count). The first-order valence-corrected chi connectivity index (χ1v) is 7.11. The topological polar surface area (TPSA) is 59.0 Å². The van der Waals surface area contributed by atoms with Gasteiger partial charge in [-0.2, -0.15) is 16.9 Å². The van der Waals surface area contributed by atoms with Gasteiger partial charge in [-0.3, -0.25) is 9.48 Å². The molecular formula is C12H22N4OS. The Bertz CT molecular complexity index is 403. The third-order valence-corrected chi connectivity index (χ3v) is 4.10. The van der Waals surface area contributed by atoms with Gasteiger partial charge >= 0.3 is 0 Å². The fraction of sp³-hybridized carbons (Fsp3) is 0.667. The van der Waals surface area contributed by atoms with Gasteiger partial charge in [0, 0.05) is 30.1 Å². The molecule has 0 fully saturated rings. The van der Waals surface area contributed by atoms with Crippen LogP contribution in [0.3, 0.4) is 0 Å². The molecule has 102 valence electrons. The first kappa shape index (κ1) is 15.0. The predicted octanol–water partition coefficient (Wildman–Crippen LogP) is 0.938. The zero-order valence-corrected chi connectivity index (χ0v) is 12.5. The second-order valence-corrected chi connectivity index (χ2v) is 6.36. The van der Waals surface area contributed by atoms with E-state index in [4.69, 9.17) is 0 Å². The molecule has 1 atom stereocenters. The third-order valence-electron chi connectivity index (χ3n) is 2.85. The van der Waals surface area contributed by atoms with E-state index in [9.17, 15) is 4.79 Å². The van der Waals surface area contributed by atoms with Gasteiger partial charge in [0.1, 0.15) is 6.04 Å². The van der Waals surface area contributed by atoms with Crippen molar-refractivity contribution >= 4 is 17.7 Å². The van der Waals surface area contributed by atoms with Crippen molar-refractivity contribution in [3.63, 3.8) is 0 Å². The number of nitrogens with one attached hydrogen (secondary N) is 2. The molecule has 0 aliphatic rings. The number of nitrogens with zero attached hydrogens (tertiary/aromatic N) is 2. The summed E-state index contributed by atoms with van der Waals surface area (Å²) in [7, 11) is 3.61. The van der Waals surface area contributed by atoms with Crippen LogP contribution < -0.4 is 10.6 Å². The van der Waals surface area contributed by atoms with E-state index in [1.54, 1.807) is 29.7 Å². The molecule has 5 nitrogen and oxygen atoms in total. The number of carbonyl (C=O) groups excluding carboxylic acids is 1. The Morgan fingerprint density at radius 3 is 2.72 bits per heavy atom. The maximum atomic E-state index is 12.1. The van der Waals surface area contributed by atoms with Gasteiger partial charge in [0.2, 0.25) is 5.91 Å². The number of rotatable bonds is 6. The Hall–Kier alpha value is -1.01. The Morgan fingerprint density at radius 2 is 2.28 bits per heavy atom. The summed E-state index contributed by atoms with van der Waals surface area (Å²) in [5, 5.41) is 10.1. The SMILES string of the molecule is CNC(C(=O)NCC(C)(C)SC)c1cnn(C)c1. The molecule has 0 saturated heterocycles. The molecule has 0 saturated carbocycles. The zero-order valence-electron chi connectivity index (χ0n) is 11.7. The van der Waals surface area contributed by atoms with Crippen molar-refractivity contribution in [3.8, 4) is 0 Å². The summed E-state index contributed by atoms with van der Waals surface area (Å²) in [4.78, 5) is 12.1. The van der Waals surface area contributed by atoms with Crippen LogP contribution in [0, 0.1) is 0 Å². The molecule has 6 heteroatoms. The van der Waals surface area contributed by atoms with Gasteiger partial charge in [-0.25, -0.2) is 0 Å². The molecule has 0 spiro atoms. The predicted molar refractivity (Wildman–Crippen MR) is 75.6 cm³/mol. The molecular weight excluding hydrogens is 248 g/mol.